The highest BCUT2D eigenvalue weighted by Gasteiger charge is 2.21. The number of fused-ring (bicyclic) bond motifs is 1. The summed E-state index contributed by atoms with van der Waals surface area (Å²) in [6.07, 6.45) is 6.40. The lowest BCUT2D eigenvalue weighted by Crippen LogP contribution is -2.33. The lowest BCUT2D eigenvalue weighted by molar-refractivity contribution is 0.170. The fraction of sp³-hybridized carbons (Fsp3) is 0.387. The fourth-order valence-electron chi connectivity index (χ4n) is 4.85. The van der Waals surface area contributed by atoms with E-state index in [9.17, 15) is 0 Å². The first kappa shape index (κ1) is 36.2. The molecule has 2 aromatic heterocycles. The van der Waals surface area contributed by atoms with E-state index in [0.717, 1.165) is 77.6 Å². The second kappa shape index (κ2) is 18.5. The van der Waals surface area contributed by atoms with Crippen LogP contribution in [-0.4, -0.2) is 42.2 Å². The van der Waals surface area contributed by atoms with Crippen molar-refractivity contribution in [1.82, 2.24) is 20.4 Å². The average molecular weight is 621 g/mol. The van der Waals surface area contributed by atoms with Gasteiger partial charge in [0.1, 0.15) is 12.4 Å². The lowest BCUT2D eigenvalue weighted by Gasteiger charge is -2.31. The van der Waals surface area contributed by atoms with E-state index in [1.165, 1.54) is 12.8 Å². The summed E-state index contributed by atoms with van der Waals surface area (Å²) in [5.74, 6) is 1.47. The first-order valence-corrected chi connectivity index (χ1v) is 13.3. The van der Waals surface area contributed by atoms with E-state index in [1.54, 1.807) is 12.1 Å². The predicted molar refractivity (Wildman–Crippen MR) is 172 cm³/mol. The number of pyridine rings is 1. The van der Waals surface area contributed by atoms with Gasteiger partial charge in [-0.05, 0) is 114 Å². The van der Waals surface area contributed by atoms with Crippen LogP contribution in [0.1, 0.15) is 47.3 Å². The van der Waals surface area contributed by atoms with Crippen molar-refractivity contribution in [2.24, 2.45) is 5.92 Å². The molecular formula is C31H40Cl3N5O2. The van der Waals surface area contributed by atoms with Gasteiger partial charge in [-0.2, -0.15) is 5.26 Å². The first-order chi connectivity index (χ1) is 18.6. The fourth-order valence-corrected chi connectivity index (χ4v) is 4.85. The van der Waals surface area contributed by atoms with Crippen molar-refractivity contribution in [3.8, 4) is 11.8 Å². The summed E-state index contributed by atoms with van der Waals surface area (Å²) in [6.45, 7) is 5.70. The van der Waals surface area contributed by atoms with Crippen molar-refractivity contribution in [1.29, 1.82) is 5.26 Å². The summed E-state index contributed by atoms with van der Waals surface area (Å²) in [6, 6.07) is 19.6. The molecule has 1 N–H and O–H groups in total. The second-order valence-corrected chi connectivity index (χ2v) is 9.86. The molecule has 0 aliphatic carbocycles. The van der Waals surface area contributed by atoms with E-state index < -0.39 is 0 Å². The summed E-state index contributed by atoms with van der Waals surface area (Å²) in [4.78, 5) is 6.97. The Kier molecular flexibility index (Phi) is 16.4. The van der Waals surface area contributed by atoms with Gasteiger partial charge in [-0.3, -0.25) is 9.88 Å². The summed E-state index contributed by atoms with van der Waals surface area (Å²) in [5.41, 5.74) is 5.82. The number of likely N-dealkylation sites (tertiary alicyclic amines) is 1. The van der Waals surface area contributed by atoms with Crippen molar-refractivity contribution in [3.63, 3.8) is 0 Å². The molecule has 0 spiro atoms. The maximum atomic E-state index is 8.94. The smallest absolute Gasteiger partial charge is 0.170 e. The molecular weight excluding hydrogens is 581 g/mol. The Morgan fingerprint density at radius 2 is 1.73 bits per heavy atom. The second-order valence-electron chi connectivity index (χ2n) is 9.86. The van der Waals surface area contributed by atoms with E-state index in [2.05, 4.69) is 57.6 Å². The molecule has 0 bridgehead atoms. The van der Waals surface area contributed by atoms with Gasteiger partial charge < -0.3 is 14.6 Å². The molecule has 5 rings (SSSR count). The Balaban J connectivity index is 0.00000134. The highest BCUT2D eigenvalue weighted by atomic mass is 35.5. The number of aryl methyl sites for hydroxylation is 2. The SMILES string of the molecule is CNC.Cc1c(COc2ccc(C#N)cc2)ccc2c(CCC3CCN(Cc4ccccn4)CC3)noc12.Cl.Cl.Cl. The van der Waals surface area contributed by atoms with Gasteiger partial charge in [-0.1, -0.05) is 17.3 Å². The van der Waals surface area contributed by atoms with Crippen molar-refractivity contribution >= 4 is 48.2 Å². The van der Waals surface area contributed by atoms with E-state index >= 15 is 0 Å². The number of nitrogens with zero attached hydrogens (tertiary/aromatic N) is 4. The van der Waals surface area contributed by atoms with Crippen LogP contribution in [0.15, 0.2) is 65.3 Å². The topological polar surface area (TPSA) is 87.2 Å². The number of rotatable bonds is 8. The molecule has 0 amide bonds. The third kappa shape index (κ3) is 10.2. The van der Waals surface area contributed by atoms with Crippen LogP contribution in [0.3, 0.4) is 0 Å². The summed E-state index contributed by atoms with van der Waals surface area (Å²) >= 11 is 0. The van der Waals surface area contributed by atoms with Crippen LogP contribution in [0.25, 0.3) is 11.0 Å². The first-order valence-electron chi connectivity index (χ1n) is 13.3. The zero-order valence-corrected chi connectivity index (χ0v) is 26.3. The molecule has 0 saturated carbocycles. The van der Waals surface area contributed by atoms with Crippen LogP contribution in [0, 0.1) is 24.2 Å². The van der Waals surface area contributed by atoms with Gasteiger partial charge in [0.25, 0.3) is 0 Å². The van der Waals surface area contributed by atoms with E-state index in [-0.39, 0.29) is 37.2 Å². The molecule has 1 fully saturated rings. The van der Waals surface area contributed by atoms with Gasteiger partial charge in [0.2, 0.25) is 0 Å². The molecule has 1 saturated heterocycles. The van der Waals surface area contributed by atoms with Crippen molar-refractivity contribution < 1.29 is 9.26 Å². The number of aromatic nitrogens is 2. The minimum atomic E-state index is 0. The summed E-state index contributed by atoms with van der Waals surface area (Å²) in [5, 5.41) is 17.2. The maximum absolute atomic E-state index is 8.94. The quantitative estimate of drug-likeness (QED) is 0.229. The van der Waals surface area contributed by atoms with Crippen molar-refractivity contribution in [2.45, 2.75) is 45.8 Å². The zero-order chi connectivity index (χ0) is 26.7. The highest BCUT2D eigenvalue weighted by molar-refractivity contribution is 5.86. The van der Waals surface area contributed by atoms with Crippen LogP contribution < -0.4 is 10.1 Å². The third-order valence-electron chi connectivity index (χ3n) is 7.06. The maximum Gasteiger partial charge on any atom is 0.170 e. The van der Waals surface area contributed by atoms with Crippen LogP contribution in [0.4, 0.5) is 0 Å². The Morgan fingerprint density at radius 1 is 1.02 bits per heavy atom. The molecule has 1 aliphatic rings. The molecule has 10 heteroatoms. The summed E-state index contributed by atoms with van der Waals surface area (Å²) < 4.78 is 11.7. The van der Waals surface area contributed by atoms with Crippen LogP contribution in [-0.2, 0) is 19.6 Å². The number of nitriles is 1. The largest absolute Gasteiger partial charge is 0.489 e. The molecule has 0 atom stereocenters. The minimum Gasteiger partial charge on any atom is -0.489 e. The molecule has 1 aliphatic heterocycles. The van der Waals surface area contributed by atoms with Crippen LogP contribution in [0.2, 0.25) is 0 Å². The van der Waals surface area contributed by atoms with Gasteiger partial charge in [0.15, 0.2) is 5.58 Å². The molecule has 0 radical (unpaired) electrons. The zero-order valence-electron chi connectivity index (χ0n) is 23.8. The normalized spacial score (nSPS) is 13.0. The number of benzene rings is 2. The number of piperidine rings is 1. The van der Waals surface area contributed by atoms with Gasteiger partial charge in [-0.15, -0.1) is 37.2 Å². The monoisotopic (exact) mass is 619 g/mol. The number of hydrogen-bond acceptors (Lipinski definition) is 7. The molecule has 4 aromatic rings. The molecule has 7 nitrogen and oxygen atoms in total. The molecule has 3 heterocycles. The molecule has 222 valence electrons. The van der Waals surface area contributed by atoms with Gasteiger partial charge in [0, 0.05) is 23.7 Å². The van der Waals surface area contributed by atoms with Crippen molar-refractivity contribution in [3.05, 3.63) is 88.9 Å². The lowest BCUT2D eigenvalue weighted by atomic mass is 9.91. The van der Waals surface area contributed by atoms with Crippen LogP contribution in [0.5, 0.6) is 5.75 Å². The minimum absolute atomic E-state index is 0. The predicted octanol–water partition coefficient (Wildman–Crippen LogP) is 6.93. The highest BCUT2D eigenvalue weighted by Crippen LogP contribution is 2.29. The van der Waals surface area contributed by atoms with Gasteiger partial charge >= 0.3 is 0 Å². The number of ether oxygens (including phenoxy) is 1. The number of hydrogen-bond donors (Lipinski definition) is 1. The molecule has 41 heavy (non-hydrogen) atoms. The number of nitrogens with one attached hydrogen (secondary N) is 1. The third-order valence-corrected chi connectivity index (χ3v) is 7.06. The Morgan fingerprint density at radius 3 is 2.37 bits per heavy atom. The number of halogens is 3. The van der Waals surface area contributed by atoms with Crippen LogP contribution >= 0.6 is 37.2 Å². The molecule has 0 unspecified atom stereocenters. The average Bonchev–Trinajstić information content (AvgIpc) is 3.37. The molecule has 2 aromatic carbocycles. The van der Waals surface area contributed by atoms with E-state index in [4.69, 9.17) is 14.5 Å². The van der Waals surface area contributed by atoms with E-state index in [1.807, 2.05) is 38.5 Å². The van der Waals surface area contributed by atoms with Gasteiger partial charge in [0.05, 0.1) is 23.0 Å². The van der Waals surface area contributed by atoms with Gasteiger partial charge in [-0.25, -0.2) is 0 Å². The summed E-state index contributed by atoms with van der Waals surface area (Å²) in [7, 11) is 3.75. The van der Waals surface area contributed by atoms with Crippen molar-refractivity contribution in [2.75, 3.05) is 27.2 Å². The Hall–Kier alpha value is -2.86. The standard InChI is InChI=1S/C29H30N4O2.C2H7N.3ClH/c1-21-24(20-34-26-9-5-23(18-30)6-10-26)8-11-27-28(32-35-29(21)27)12-7-22-13-16-33(17-14-22)19-25-4-2-3-15-31-25;1-3-2;;;/h2-6,8-11,15,22H,7,12-14,16-17,19-20H2,1H3;3H,1-2H3;3*1H. The Bertz CT molecular complexity index is 1340. The Labute approximate surface area is 261 Å². The van der Waals surface area contributed by atoms with E-state index in [0.29, 0.717) is 12.2 Å².